The lowest BCUT2D eigenvalue weighted by molar-refractivity contribution is -0.146. The van der Waals surface area contributed by atoms with E-state index in [9.17, 15) is 29.1 Å². The number of carbonyl (C=O) groups excluding carboxylic acids is 5. The van der Waals surface area contributed by atoms with E-state index >= 15 is 0 Å². The number of hydrogen-bond donors (Lipinski definition) is 2. The molecule has 0 aromatic heterocycles. The first-order valence-electron chi connectivity index (χ1n) is 20.7. The number of aromatic hydroxyl groups is 1. The van der Waals surface area contributed by atoms with Gasteiger partial charge < -0.3 is 14.7 Å². The Morgan fingerprint density at radius 3 is 2.07 bits per heavy atom. The Hall–Kier alpha value is -5.81. The average Bonchev–Trinajstić information content (AvgIpc) is 3.75. The fourth-order valence-electron chi connectivity index (χ4n) is 10.5. The van der Waals surface area contributed by atoms with Gasteiger partial charge in [0.25, 0.3) is 11.8 Å². The highest BCUT2D eigenvalue weighted by Gasteiger charge is 2.46. The van der Waals surface area contributed by atoms with E-state index in [1.807, 2.05) is 35.2 Å². The van der Waals surface area contributed by atoms with Crippen molar-refractivity contribution in [1.29, 1.82) is 0 Å². The number of piperidine rings is 1. The summed E-state index contributed by atoms with van der Waals surface area (Å²) in [6.07, 6.45) is 5.58. The molecule has 3 fully saturated rings. The van der Waals surface area contributed by atoms with E-state index < -0.39 is 29.7 Å². The Morgan fingerprint density at radius 2 is 1.40 bits per heavy atom. The average molecular weight is 779 g/mol. The summed E-state index contributed by atoms with van der Waals surface area (Å²) in [4.78, 5) is 69.7. The molecule has 0 radical (unpaired) electrons. The molecule has 0 spiro atoms. The maximum absolute atomic E-state index is 13.6. The number of hydrogen-bond acceptors (Lipinski definition) is 8. The second-order valence-electron chi connectivity index (χ2n) is 17.0. The van der Waals surface area contributed by atoms with Crippen molar-refractivity contribution in [2.45, 2.75) is 94.5 Å². The number of imide groups is 2. The molecule has 2 aliphatic carbocycles. The minimum absolute atomic E-state index is 0.00314. The fourth-order valence-corrected chi connectivity index (χ4v) is 10.5. The van der Waals surface area contributed by atoms with Gasteiger partial charge in [-0.15, -0.1) is 0 Å². The summed E-state index contributed by atoms with van der Waals surface area (Å²) >= 11 is 0. The maximum atomic E-state index is 13.6. The first-order chi connectivity index (χ1) is 28.2. The van der Waals surface area contributed by atoms with Gasteiger partial charge in [0, 0.05) is 37.4 Å². The number of likely N-dealkylation sites (tertiary alicyclic amines) is 1. The highest BCUT2D eigenvalue weighted by Crippen LogP contribution is 2.47. The molecule has 6 aliphatic rings. The quantitative estimate of drug-likeness (QED) is 0.224. The van der Waals surface area contributed by atoms with Gasteiger partial charge in [0.2, 0.25) is 17.7 Å². The van der Waals surface area contributed by atoms with Gasteiger partial charge in [0.1, 0.15) is 23.6 Å². The molecular formula is C47H46N4O7. The maximum Gasteiger partial charge on any atom is 0.262 e. The van der Waals surface area contributed by atoms with Crippen molar-refractivity contribution in [1.82, 2.24) is 20.0 Å². The minimum atomic E-state index is -0.972. The number of benzene rings is 4. The van der Waals surface area contributed by atoms with Crippen molar-refractivity contribution in [3.8, 4) is 11.5 Å². The van der Waals surface area contributed by atoms with Gasteiger partial charge in [-0.1, -0.05) is 48.5 Å². The van der Waals surface area contributed by atoms with Crippen molar-refractivity contribution in [2.24, 2.45) is 5.92 Å². The van der Waals surface area contributed by atoms with E-state index in [-0.39, 0.29) is 36.7 Å². The van der Waals surface area contributed by atoms with Crippen LogP contribution < -0.4 is 10.1 Å². The van der Waals surface area contributed by atoms with Gasteiger partial charge >= 0.3 is 0 Å². The molecule has 5 amide bonds. The molecule has 2 saturated heterocycles. The van der Waals surface area contributed by atoms with Crippen molar-refractivity contribution in [2.75, 3.05) is 13.1 Å². The lowest BCUT2D eigenvalue weighted by Gasteiger charge is -2.42. The van der Waals surface area contributed by atoms with E-state index in [0.29, 0.717) is 55.0 Å². The van der Waals surface area contributed by atoms with Gasteiger partial charge in [0.05, 0.1) is 24.2 Å². The normalized spacial score (nSPS) is 25.8. The van der Waals surface area contributed by atoms with Crippen molar-refractivity contribution in [3.05, 3.63) is 129 Å². The van der Waals surface area contributed by atoms with Crippen LogP contribution >= 0.6 is 0 Å². The fraction of sp³-hybridized carbons (Fsp3) is 0.383. The summed E-state index contributed by atoms with van der Waals surface area (Å²) < 4.78 is 6.35. The number of carbonyl (C=O) groups is 5. The minimum Gasteiger partial charge on any atom is -0.508 e. The number of nitrogens with one attached hydrogen (secondary N) is 1. The third-order valence-electron chi connectivity index (χ3n) is 13.6. The largest absolute Gasteiger partial charge is 0.508 e. The molecule has 296 valence electrons. The van der Waals surface area contributed by atoms with Gasteiger partial charge in [-0.3, -0.25) is 39.1 Å². The number of amides is 5. The van der Waals surface area contributed by atoms with Gasteiger partial charge in [-0.05, 0) is 121 Å². The molecule has 4 aromatic carbocycles. The summed E-state index contributed by atoms with van der Waals surface area (Å²) in [6, 6.07) is 27.9. The zero-order valence-electron chi connectivity index (χ0n) is 32.3. The second-order valence-corrected chi connectivity index (χ2v) is 17.0. The van der Waals surface area contributed by atoms with Crippen LogP contribution in [-0.4, -0.2) is 80.6 Å². The third kappa shape index (κ3) is 6.45. The molecule has 10 rings (SSSR count). The molecule has 1 saturated carbocycles. The van der Waals surface area contributed by atoms with Crippen LogP contribution in [-0.2, 0) is 33.9 Å². The van der Waals surface area contributed by atoms with E-state index in [0.717, 1.165) is 60.3 Å². The summed E-state index contributed by atoms with van der Waals surface area (Å²) in [7, 11) is 0. The highest BCUT2D eigenvalue weighted by atomic mass is 16.5. The predicted molar refractivity (Wildman–Crippen MR) is 213 cm³/mol. The van der Waals surface area contributed by atoms with Gasteiger partial charge in [-0.25, -0.2) is 0 Å². The Labute approximate surface area is 337 Å². The molecule has 4 aromatic rings. The zero-order chi connectivity index (χ0) is 39.7. The van der Waals surface area contributed by atoms with Crippen LogP contribution in [0.15, 0.2) is 84.9 Å². The Kier molecular flexibility index (Phi) is 9.15. The van der Waals surface area contributed by atoms with Crippen molar-refractivity contribution < 1.29 is 33.8 Å². The summed E-state index contributed by atoms with van der Waals surface area (Å²) in [5, 5.41) is 12.4. The number of rotatable bonds is 7. The van der Waals surface area contributed by atoms with Crippen LogP contribution in [0.1, 0.15) is 111 Å². The van der Waals surface area contributed by atoms with Crippen LogP contribution in [0.25, 0.3) is 0 Å². The lowest BCUT2D eigenvalue weighted by atomic mass is 9.69. The van der Waals surface area contributed by atoms with E-state index in [2.05, 4.69) is 58.7 Å². The van der Waals surface area contributed by atoms with Gasteiger partial charge in [0.15, 0.2) is 0 Å². The van der Waals surface area contributed by atoms with Crippen LogP contribution in [0.3, 0.4) is 0 Å². The monoisotopic (exact) mass is 778 g/mol. The summed E-state index contributed by atoms with van der Waals surface area (Å²) in [5.74, 6) is -0.135. The number of ether oxygens (including phenoxy) is 1. The molecule has 1 unspecified atom stereocenters. The van der Waals surface area contributed by atoms with Crippen molar-refractivity contribution in [3.63, 3.8) is 0 Å². The summed E-state index contributed by atoms with van der Waals surface area (Å²) in [5.41, 5.74) is 7.69. The SMILES string of the molecule is O=C1CCC(N2C(=O)c3cc4c(cc3C2=O)CN(C2CCC(C(=O)N3CC(Oc5ccc([C@@H]6c7ccc(O)cc7CC[C@@H]6c6ccccc6)cc5)C3)CC2)C4)C(=O)N1. The van der Waals surface area contributed by atoms with E-state index in [4.69, 9.17) is 4.74 Å². The number of phenols is 1. The van der Waals surface area contributed by atoms with Crippen LogP contribution in [0.5, 0.6) is 11.5 Å². The molecule has 11 heteroatoms. The first-order valence-corrected chi connectivity index (χ1v) is 20.7. The Bertz CT molecular complexity index is 2290. The topological polar surface area (TPSA) is 137 Å². The number of phenolic OH excluding ortho intramolecular Hbond substituents is 1. The van der Waals surface area contributed by atoms with Crippen LogP contribution in [0.4, 0.5) is 0 Å². The number of fused-ring (bicyclic) bond motifs is 3. The van der Waals surface area contributed by atoms with E-state index in [1.165, 1.54) is 22.3 Å². The molecule has 0 bridgehead atoms. The smallest absolute Gasteiger partial charge is 0.262 e. The van der Waals surface area contributed by atoms with E-state index in [1.54, 1.807) is 6.07 Å². The van der Waals surface area contributed by atoms with Gasteiger partial charge in [-0.2, -0.15) is 0 Å². The van der Waals surface area contributed by atoms with Crippen LogP contribution in [0, 0.1) is 5.92 Å². The molecule has 11 nitrogen and oxygen atoms in total. The Morgan fingerprint density at radius 1 is 0.707 bits per heavy atom. The molecule has 4 heterocycles. The number of nitrogens with zero attached hydrogens (tertiary/aromatic N) is 3. The van der Waals surface area contributed by atoms with Crippen molar-refractivity contribution >= 4 is 29.5 Å². The molecular weight excluding hydrogens is 733 g/mol. The summed E-state index contributed by atoms with van der Waals surface area (Å²) in [6.45, 7) is 2.51. The predicted octanol–water partition coefficient (Wildman–Crippen LogP) is 5.82. The number of aryl methyl sites for hydroxylation is 1. The molecule has 4 aliphatic heterocycles. The van der Waals surface area contributed by atoms with Crippen LogP contribution in [0.2, 0.25) is 0 Å². The zero-order valence-corrected chi connectivity index (χ0v) is 32.3. The third-order valence-corrected chi connectivity index (χ3v) is 13.6. The molecule has 3 atom stereocenters. The lowest BCUT2D eigenvalue weighted by Crippen LogP contribution is -2.58. The molecule has 58 heavy (non-hydrogen) atoms. The molecule has 2 N–H and O–H groups in total. The highest BCUT2D eigenvalue weighted by molar-refractivity contribution is 6.23. The Balaban J connectivity index is 0.716. The first kappa shape index (κ1) is 36.5. The second kappa shape index (κ2) is 14.5. The standard InChI is InChI=1S/C47H46N4O7/c52-34-13-17-38-30(20-34)10-16-37(27-4-2-1-3-5-27)43(38)28-8-14-35(15-9-28)58-36-25-50(26-36)45(55)29-6-11-33(12-7-29)49-23-31-21-39-40(22-32(31)24-49)47(57)51(46(39)56)41-18-19-42(53)48-44(41)54/h1-5,8-9,13-15,17,20-22,29,33,36-37,41,43,52H,6-7,10-12,16,18-19,23-26H2,(H,48,53,54)/t29?,33?,37-,41?,43+/m1/s1.